The average Bonchev–Trinajstić information content (AvgIpc) is 2.73. The number of amides is 3. The molecular weight excluding hydrogens is 372 g/mol. The van der Waals surface area contributed by atoms with E-state index >= 15 is 0 Å². The molecule has 1 aliphatic rings. The fourth-order valence-electron chi connectivity index (χ4n) is 2.94. The minimum absolute atomic E-state index is 0.0411. The summed E-state index contributed by atoms with van der Waals surface area (Å²) in [5.74, 6) is -0.414. The van der Waals surface area contributed by atoms with Crippen LogP contribution in [0.3, 0.4) is 0 Å². The molecular formula is C21H24N4O4. The van der Waals surface area contributed by atoms with Crippen LogP contribution in [-0.4, -0.2) is 55.5 Å². The van der Waals surface area contributed by atoms with Crippen LogP contribution in [-0.2, 0) is 14.3 Å². The zero-order chi connectivity index (χ0) is 20.6. The molecule has 1 aliphatic heterocycles. The van der Waals surface area contributed by atoms with Gasteiger partial charge in [-0.15, -0.1) is 0 Å². The second-order valence-corrected chi connectivity index (χ2v) is 6.65. The Kier molecular flexibility index (Phi) is 6.80. The van der Waals surface area contributed by atoms with E-state index in [1.807, 2.05) is 6.07 Å². The number of carbonyl (C=O) groups excluding carboxylic acids is 3. The van der Waals surface area contributed by atoms with Gasteiger partial charge in [0.05, 0.1) is 19.8 Å². The van der Waals surface area contributed by atoms with E-state index in [1.54, 1.807) is 47.4 Å². The number of benzene rings is 2. The SMILES string of the molecule is CC(=O)Nc1ccc(NC(=O)CNc2cccc(C(=O)N3CCOCC3)c2)cc1. The Balaban J connectivity index is 1.52. The van der Waals surface area contributed by atoms with Crippen LogP contribution in [0, 0.1) is 0 Å². The first-order valence-electron chi connectivity index (χ1n) is 9.40. The molecule has 3 rings (SSSR count). The number of hydrogen-bond acceptors (Lipinski definition) is 5. The molecule has 8 heteroatoms. The van der Waals surface area contributed by atoms with Crippen LogP contribution >= 0.6 is 0 Å². The number of nitrogens with one attached hydrogen (secondary N) is 3. The second kappa shape index (κ2) is 9.70. The molecule has 3 N–H and O–H groups in total. The summed E-state index contributed by atoms with van der Waals surface area (Å²) in [5, 5.41) is 8.48. The lowest BCUT2D eigenvalue weighted by Crippen LogP contribution is -2.40. The quantitative estimate of drug-likeness (QED) is 0.695. The predicted octanol–water partition coefficient (Wildman–Crippen LogP) is 2.17. The molecule has 3 amide bonds. The zero-order valence-corrected chi connectivity index (χ0v) is 16.2. The van der Waals surface area contributed by atoms with Crippen molar-refractivity contribution >= 4 is 34.8 Å². The van der Waals surface area contributed by atoms with Crippen LogP contribution in [0.5, 0.6) is 0 Å². The maximum atomic E-state index is 12.6. The summed E-state index contributed by atoms with van der Waals surface area (Å²) in [5.41, 5.74) is 2.56. The molecule has 0 unspecified atom stereocenters. The van der Waals surface area contributed by atoms with Crippen molar-refractivity contribution in [2.45, 2.75) is 6.92 Å². The van der Waals surface area contributed by atoms with Crippen molar-refractivity contribution in [2.75, 3.05) is 48.8 Å². The fourth-order valence-corrected chi connectivity index (χ4v) is 2.94. The number of morpholine rings is 1. The van der Waals surface area contributed by atoms with Gasteiger partial charge in [0.25, 0.3) is 5.91 Å². The Morgan fingerprint density at radius 1 is 0.931 bits per heavy atom. The third kappa shape index (κ3) is 6.05. The largest absolute Gasteiger partial charge is 0.378 e. The van der Waals surface area contributed by atoms with E-state index in [0.717, 1.165) is 0 Å². The van der Waals surface area contributed by atoms with Crippen molar-refractivity contribution in [2.24, 2.45) is 0 Å². The van der Waals surface area contributed by atoms with Gasteiger partial charge in [-0.2, -0.15) is 0 Å². The van der Waals surface area contributed by atoms with E-state index in [2.05, 4.69) is 16.0 Å². The lowest BCUT2D eigenvalue weighted by Gasteiger charge is -2.27. The van der Waals surface area contributed by atoms with Crippen molar-refractivity contribution in [3.63, 3.8) is 0 Å². The molecule has 8 nitrogen and oxygen atoms in total. The number of hydrogen-bond donors (Lipinski definition) is 3. The van der Waals surface area contributed by atoms with E-state index in [1.165, 1.54) is 6.92 Å². The molecule has 1 saturated heterocycles. The molecule has 2 aromatic carbocycles. The molecule has 0 atom stereocenters. The number of ether oxygens (including phenoxy) is 1. The zero-order valence-electron chi connectivity index (χ0n) is 16.2. The summed E-state index contributed by atoms with van der Waals surface area (Å²) in [6.45, 7) is 3.76. The molecule has 0 bridgehead atoms. The van der Waals surface area contributed by atoms with Crippen LogP contribution in [0.2, 0.25) is 0 Å². The maximum Gasteiger partial charge on any atom is 0.254 e. The molecule has 1 heterocycles. The lowest BCUT2D eigenvalue weighted by molar-refractivity contribution is -0.115. The third-order valence-electron chi connectivity index (χ3n) is 4.35. The summed E-state index contributed by atoms with van der Waals surface area (Å²) >= 11 is 0. The smallest absolute Gasteiger partial charge is 0.254 e. The van der Waals surface area contributed by atoms with Crippen LogP contribution < -0.4 is 16.0 Å². The van der Waals surface area contributed by atoms with Crippen LogP contribution in [0.15, 0.2) is 48.5 Å². The molecule has 0 spiro atoms. The van der Waals surface area contributed by atoms with Crippen molar-refractivity contribution in [3.05, 3.63) is 54.1 Å². The summed E-state index contributed by atoms with van der Waals surface area (Å²) in [6, 6.07) is 14.0. The van der Waals surface area contributed by atoms with Crippen molar-refractivity contribution in [1.29, 1.82) is 0 Å². The molecule has 0 radical (unpaired) electrons. The molecule has 2 aromatic rings. The van der Waals surface area contributed by atoms with Gasteiger partial charge in [-0.05, 0) is 42.5 Å². The number of rotatable bonds is 6. The molecule has 152 valence electrons. The van der Waals surface area contributed by atoms with Crippen molar-refractivity contribution < 1.29 is 19.1 Å². The maximum absolute atomic E-state index is 12.6. The van der Waals surface area contributed by atoms with Gasteiger partial charge in [0, 0.05) is 42.6 Å². The summed E-state index contributed by atoms with van der Waals surface area (Å²) in [6.07, 6.45) is 0. The van der Waals surface area contributed by atoms with Crippen LogP contribution in [0.25, 0.3) is 0 Å². The molecule has 29 heavy (non-hydrogen) atoms. The fraction of sp³-hybridized carbons (Fsp3) is 0.286. The monoisotopic (exact) mass is 396 g/mol. The highest BCUT2D eigenvalue weighted by molar-refractivity contribution is 5.96. The Labute approximate surface area is 169 Å². The molecule has 0 aliphatic carbocycles. The summed E-state index contributed by atoms with van der Waals surface area (Å²) < 4.78 is 5.28. The Hall–Kier alpha value is -3.39. The van der Waals surface area contributed by atoms with E-state index in [0.29, 0.717) is 48.9 Å². The average molecular weight is 396 g/mol. The van der Waals surface area contributed by atoms with Crippen molar-refractivity contribution in [3.8, 4) is 0 Å². The second-order valence-electron chi connectivity index (χ2n) is 6.65. The van der Waals surface area contributed by atoms with E-state index in [4.69, 9.17) is 4.74 Å². The molecule has 0 aromatic heterocycles. The van der Waals surface area contributed by atoms with Gasteiger partial charge >= 0.3 is 0 Å². The first kappa shape index (κ1) is 20.3. The topological polar surface area (TPSA) is 99.8 Å². The van der Waals surface area contributed by atoms with Gasteiger partial charge in [-0.1, -0.05) is 6.07 Å². The van der Waals surface area contributed by atoms with E-state index in [9.17, 15) is 14.4 Å². The van der Waals surface area contributed by atoms with Gasteiger partial charge in [0.15, 0.2) is 0 Å². The molecule has 1 fully saturated rings. The Bertz CT molecular complexity index is 877. The summed E-state index contributed by atoms with van der Waals surface area (Å²) in [4.78, 5) is 37.5. The Morgan fingerprint density at radius 3 is 2.24 bits per heavy atom. The normalized spacial score (nSPS) is 13.5. The van der Waals surface area contributed by atoms with Gasteiger partial charge in [-0.25, -0.2) is 0 Å². The Morgan fingerprint density at radius 2 is 1.59 bits per heavy atom. The van der Waals surface area contributed by atoms with Crippen LogP contribution in [0.4, 0.5) is 17.1 Å². The number of carbonyl (C=O) groups is 3. The molecule has 0 saturated carbocycles. The van der Waals surface area contributed by atoms with Gasteiger partial charge in [0.1, 0.15) is 0 Å². The summed E-state index contributed by atoms with van der Waals surface area (Å²) in [7, 11) is 0. The van der Waals surface area contributed by atoms with Gasteiger partial charge < -0.3 is 25.6 Å². The first-order valence-corrected chi connectivity index (χ1v) is 9.40. The van der Waals surface area contributed by atoms with Gasteiger partial charge in [0.2, 0.25) is 11.8 Å². The third-order valence-corrected chi connectivity index (χ3v) is 4.35. The standard InChI is InChI=1S/C21H24N4O4/c1-15(26)23-17-5-7-18(8-6-17)24-20(27)14-22-19-4-2-3-16(13-19)21(28)25-9-11-29-12-10-25/h2-8,13,22H,9-12,14H2,1H3,(H,23,26)(H,24,27). The minimum atomic E-state index is -0.220. The van der Waals surface area contributed by atoms with Crippen LogP contribution in [0.1, 0.15) is 17.3 Å². The highest BCUT2D eigenvalue weighted by atomic mass is 16.5. The lowest BCUT2D eigenvalue weighted by atomic mass is 10.1. The van der Waals surface area contributed by atoms with Crippen molar-refractivity contribution in [1.82, 2.24) is 4.90 Å². The number of nitrogens with zero attached hydrogens (tertiary/aromatic N) is 1. The van der Waals surface area contributed by atoms with E-state index in [-0.39, 0.29) is 24.3 Å². The predicted molar refractivity (Wildman–Crippen MR) is 111 cm³/mol. The highest BCUT2D eigenvalue weighted by Gasteiger charge is 2.18. The minimum Gasteiger partial charge on any atom is -0.378 e. The highest BCUT2D eigenvalue weighted by Crippen LogP contribution is 2.15. The number of anilines is 3. The first-order chi connectivity index (χ1) is 14.0. The van der Waals surface area contributed by atoms with Gasteiger partial charge in [-0.3, -0.25) is 14.4 Å². The van der Waals surface area contributed by atoms with E-state index < -0.39 is 0 Å².